The van der Waals surface area contributed by atoms with Gasteiger partial charge in [0.05, 0.1) is 30.0 Å². The molecular formula is C18H22ClN3O3. The van der Waals surface area contributed by atoms with Crippen molar-refractivity contribution in [1.29, 1.82) is 0 Å². The van der Waals surface area contributed by atoms with Crippen LogP contribution in [-0.2, 0) is 15.9 Å². The van der Waals surface area contributed by atoms with Crippen molar-refractivity contribution in [2.24, 2.45) is 0 Å². The zero-order valence-electron chi connectivity index (χ0n) is 13.8. The van der Waals surface area contributed by atoms with E-state index in [-0.39, 0.29) is 12.1 Å². The van der Waals surface area contributed by atoms with Crippen molar-refractivity contribution in [3.05, 3.63) is 53.3 Å². The number of ether oxygens (including phenoxy) is 2. The van der Waals surface area contributed by atoms with Gasteiger partial charge in [-0.1, -0.05) is 41.9 Å². The lowest BCUT2D eigenvalue weighted by Gasteiger charge is -2.38. The molecule has 1 aromatic heterocycles. The van der Waals surface area contributed by atoms with Gasteiger partial charge in [-0.15, -0.1) is 0 Å². The van der Waals surface area contributed by atoms with Gasteiger partial charge in [-0.25, -0.2) is 0 Å². The van der Waals surface area contributed by atoms with Crippen LogP contribution in [0.5, 0.6) is 0 Å². The molecule has 0 aliphatic carbocycles. The van der Waals surface area contributed by atoms with Crippen LogP contribution in [0.2, 0.25) is 5.02 Å². The number of hydrogen-bond acceptors (Lipinski definition) is 5. The van der Waals surface area contributed by atoms with Gasteiger partial charge in [0.15, 0.2) is 6.29 Å². The van der Waals surface area contributed by atoms with Gasteiger partial charge in [0, 0.05) is 6.20 Å². The molecule has 2 aliphatic heterocycles. The molecule has 2 aliphatic rings. The SMILES string of the molecule is O[C@H]1[C@H](NCCCc2ccccc2)[C@H]2CO[C@H](O2)[C@@H]1n1cc(Cl)cn1. The first-order valence-electron chi connectivity index (χ1n) is 8.64. The fourth-order valence-electron chi connectivity index (χ4n) is 3.62. The number of fused-ring (bicyclic) bond motifs is 2. The van der Waals surface area contributed by atoms with Gasteiger partial charge in [-0.3, -0.25) is 4.68 Å². The van der Waals surface area contributed by atoms with Crippen LogP contribution >= 0.6 is 11.6 Å². The van der Waals surface area contributed by atoms with E-state index in [1.54, 1.807) is 17.1 Å². The van der Waals surface area contributed by atoms with E-state index in [9.17, 15) is 5.11 Å². The van der Waals surface area contributed by atoms with E-state index in [4.69, 9.17) is 21.1 Å². The number of nitrogens with zero attached hydrogens (tertiary/aromatic N) is 2. The number of hydrogen-bond donors (Lipinski definition) is 2. The molecule has 2 bridgehead atoms. The summed E-state index contributed by atoms with van der Waals surface area (Å²) in [5.41, 5.74) is 1.32. The van der Waals surface area contributed by atoms with Crippen molar-refractivity contribution in [3.63, 3.8) is 0 Å². The first-order valence-corrected chi connectivity index (χ1v) is 9.02. The highest BCUT2D eigenvalue weighted by Crippen LogP contribution is 2.35. The highest BCUT2D eigenvalue weighted by atomic mass is 35.5. The summed E-state index contributed by atoms with van der Waals surface area (Å²) in [6.45, 7) is 1.28. The number of halogens is 1. The number of aryl methyl sites for hydroxylation is 1. The van der Waals surface area contributed by atoms with E-state index >= 15 is 0 Å². The largest absolute Gasteiger partial charge is 0.389 e. The van der Waals surface area contributed by atoms with E-state index in [2.05, 4.69) is 34.7 Å². The first kappa shape index (κ1) is 17.0. The summed E-state index contributed by atoms with van der Waals surface area (Å²) in [6, 6.07) is 9.79. The maximum absolute atomic E-state index is 10.9. The van der Waals surface area contributed by atoms with E-state index in [1.807, 2.05) is 6.07 Å². The average Bonchev–Trinajstić information content (AvgIpc) is 3.23. The second-order valence-corrected chi connectivity index (χ2v) is 7.00. The number of benzene rings is 1. The highest BCUT2D eigenvalue weighted by molar-refractivity contribution is 6.30. The third-order valence-corrected chi connectivity index (χ3v) is 5.07. The quantitative estimate of drug-likeness (QED) is 0.766. The van der Waals surface area contributed by atoms with Crippen LogP contribution < -0.4 is 5.32 Å². The minimum absolute atomic E-state index is 0.140. The lowest BCUT2D eigenvalue weighted by Crippen LogP contribution is -2.57. The smallest absolute Gasteiger partial charge is 0.183 e. The second kappa shape index (κ2) is 7.43. The summed E-state index contributed by atoms with van der Waals surface area (Å²) in [6.07, 6.45) is 3.95. The fourth-order valence-corrected chi connectivity index (χ4v) is 3.76. The zero-order valence-corrected chi connectivity index (χ0v) is 14.5. The number of aliphatic hydroxyl groups excluding tert-OH is 1. The molecule has 5 atom stereocenters. The minimum Gasteiger partial charge on any atom is -0.389 e. The Balaban J connectivity index is 1.37. The molecule has 1 aromatic carbocycles. The van der Waals surface area contributed by atoms with Gasteiger partial charge in [-0.05, 0) is 24.9 Å². The van der Waals surface area contributed by atoms with Crippen molar-refractivity contribution in [1.82, 2.24) is 15.1 Å². The summed E-state index contributed by atoms with van der Waals surface area (Å²) in [5, 5.41) is 19.1. The molecule has 0 radical (unpaired) electrons. The molecule has 2 fully saturated rings. The summed E-state index contributed by atoms with van der Waals surface area (Å²) in [7, 11) is 0. The van der Waals surface area contributed by atoms with Gasteiger partial charge < -0.3 is 19.9 Å². The second-order valence-electron chi connectivity index (χ2n) is 6.57. The first-order chi connectivity index (χ1) is 12.2. The van der Waals surface area contributed by atoms with Crippen LogP contribution in [0.25, 0.3) is 0 Å². The molecule has 25 heavy (non-hydrogen) atoms. The lowest BCUT2D eigenvalue weighted by molar-refractivity contribution is -0.167. The maximum atomic E-state index is 10.9. The zero-order chi connectivity index (χ0) is 17.2. The normalized spacial score (nSPS) is 31.4. The minimum atomic E-state index is -0.654. The van der Waals surface area contributed by atoms with Gasteiger partial charge in [-0.2, -0.15) is 5.10 Å². The summed E-state index contributed by atoms with van der Waals surface area (Å²) in [5.74, 6) is 0. The van der Waals surface area contributed by atoms with Crippen LogP contribution in [0.15, 0.2) is 42.7 Å². The molecule has 0 spiro atoms. The van der Waals surface area contributed by atoms with E-state index in [0.717, 1.165) is 19.4 Å². The Hall–Kier alpha value is -1.44. The Bertz CT molecular complexity index is 696. The van der Waals surface area contributed by atoms with E-state index in [1.165, 1.54) is 5.56 Å². The fraction of sp³-hybridized carbons (Fsp3) is 0.500. The Morgan fingerprint density at radius 2 is 2.16 bits per heavy atom. The van der Waals surface area contributed by atoms with Gasteiger partial charge in [0.25, 0.3) is 0 Å². The Morgan fingerprint density at radius 1 is 1.32 bits per heavy atom. The molecule has 4 rings (SSSR count). The van der Waals surface area contributed by atoms with Crippen molar-refractivity contribution < 1.29 is 14.6 Å². The van der Waals surface area contributed by atoms with Crippen LogP contribution in [0, 0.1) is 0 Å². The molecule has 0 saturated carbocycles. The number of aromatic nitrogens is 2. The predicted molar refractivity (Wildman–Crippen MR) is 93.4 cm³/mol. The van der Waals surface area contributed by atoms with Crippen molar-refractivity contribution in [2.45, 2.75) is 43.4 Å². The molecule has 134 valence electrons. The number of aliphatic hydroxyl groups is 1. The average molecular weight is 364 g/mol. The van der Waals surface area contributed by atoms with Crippen LogP contribution in [-0.4, -0.2) is 52.6 Å². The Labute approximate surface area is 151 Å². The predicted octanol–water partition coefficient (Wildman–Crippen LogP) is 1.78. The van der Waals surface area contributed by atoms with Crippen molar-refractivity contribution >= 4 is 11.6 Å². The van der Waals surface area contributed by atoms with Gasteiger partial charge in [0.1, 0.15) is 12.1 Å². The number of nitrogens with one attached hydrogen (secondary N) is 1. The Morgan fingerprint density at radius 3 is 2.92 bits per heavy atom. The van der Waals surface area contributed by atoms with E-state index < -0.39 is 18.4 Å². The Kier molecular flexibility index (Phi) is 5.05. The third kappa shape index (κ3) is 3.59. The van der Waals surface area contributed by atoms with Crippen LogP contribution in [0.4, 0.5) is 0 Å². The summed E-state index contributed by atoms with van der Waals surface area (Å²) in [4.78, 5) is 0. The molecule has 0 amide bonds. The maximum Gasteiger partial charge on any atom is 0.183 e. The molecule has 0 unspecified atom stereocenters. The molecule has 2 saturated heterocycles. The molecule has 3 heterocycles. The van der Waals surface area contributed by atoms with E-state index in [0.29, 0.717) is 11.6 Å². The monoisotopic (exact) mass is 363 g/mol. The lowest BCUT2D eigenvalue weighted by atomic mass is 9.96. The van der Waals surface area contributed by atoms with Crippen molar-refractivity contribution in [2.75, 3.05) is 13.2 Å². The van der Waals surface area contributed by atoms with Gasteiger partial charge in [0.2, 0.25) is 0 Å². The molecule has 7 heteroatoms. The summed E-state index contributed by atoms with van der Waals surface area (Å²) < 4.78 is 13.3. The number of rotatable bonds is 6. The van der Waals surface area contributed by atoms with Crippen molar-refractivity contribution in [3.8, 4) is 0 Å². The standard InChI is InChI=1S/C18H22ClN3O3/c19-13-9-21-22(10-13)16-17(23)15(14-11-24-18(16)25-14)20-8-4-7-12-5-2-1-3-6-12/h1-3,5-6,9-10,14-18,20,23H,4,7-8,11H2/t14-,15-,16-,17+,18-/m1/s1. The third-order valence-electron chi connectivity index (χ3n) is 4.87. The molecule has 6 nitrogen and oxygen atoms in total. The topological polar surface area (TPSA) is 68.5 Å². The van der Waals surface area contributed by atoms with Gasteiger partial charge >= 0.3 is 0 Å². The summed E-state index contributed by atoms with van der Waals surface area (Å²) >= 11 is 5.96. The van der Waals surface area contributed by atoms with Crippen LogP contribution in [0.3, 0.4) is 0 Å². The molecule has 2 N–H and O–H groups in total. The highest BCUT2D eigenvalue weighted by Gasteiger charge is 2.51. The van der Waals surface area contributed by atoms with Crippen LogP contribution in [0.1, 0.15) is 18.0 Å². The molecular weight excluding hydrogens is 342 g/mol. The molecule has 2 aromatic rings.